The van der Waals surface area contributed by atoms with Gasteiger partial charge in [0.2, 0.25) is 5.60 Å². The van der Waals surface area contributed by atoms with Crippen LogP contribution in [-0.2, 0) is 8.98 Å². The van der Waals surface area contributed by atoms with Gasteiger partial charge in [-0.3, -0.25) is 9.59 Å². The first-order chi connectivity index (χ1) is 13.5. The van der Waals surface area contributed by atoms with E-state index in [0.29, 0.717) is 12.6 Å². The van der Waals surface area contributed by atoms with E-state index in [1.165, 1.54) is 25.3 Å². The van der Waals surface area contributed by atoms with Gasteiger partial charge in [-0.25, -0.2) is 0 Å². The third kappa shape index (κ3) is 5.63. The number of carbonyl (C=O) groups is 2. The SMILES string of the molecule is COSc1ccc(NC(=O)c2ccc(NC(=O)C(C)(O)C(F)(F)F)c(Cl)c2)cc1. The number of aliphatic hydroxyl groups is 1. The molecule has 0 spiro atoms. The molecule has 2 aromatic carbocycles. The highest BCUT2D eigenvalue weighted by Gasteiger charge is 2.55. The predicted octanol–water partition coefficient (Wildman–Crippen LogP) is 4.50. The Bertz CT molecular complexity index is 905. The van der Waals surface area contributed by atoms with Gasteiger partial charge in [0.1, 0.15) is 0 Å². The normalized spacial score (nSPS) is 13.5. The highest BCUT2D eigenvalue weighted by Crippen LogP contribution is 2.32. The van der Waals surface area contributed by atoms with E-state index >= 15 is 0 Å². The Balaban J connectivity index is 2.10. The zero-order valence-corrected chi connectivity index (χ0v) is 16.7. The van der Waals surface area contributed by atoms with Gasteiger partial charge in [-0.2, -0.15) is 13.2 Å². The van der Waals surface area contributed by atoms with Crippen molar-refractivity contribution in [2.24, 2.45) is 0 Å². The zero-order valence-electron chi connectivity index (χ0n) is 15.1. The minimum absolute atomic E-state index is 0.117. The molecule has 6 nitrogen and oxygen atoms in total. The van der Waals surface area contributed by atoms with Crippen LogP contribution >= 0.6 is 23.6 Å². The molecule has 2 amide bonds. The summed E-state index contributed by atoms with van der Waals surface area (Å²) < 4.78 is 43.1. The topological polar surface area (TPSA) is 87.7 Å². The maximum atomic E-state index is 12.7. The Hall–Kier alpha value is -2.27. The van der Waals surface area contributed by atoms with Crippen LogP contribution in [0.5, 0.6) is 0 Å². The first kappa shape index (κ1) is 23.0. The van der Waals surface area contributed by atoms with Crippen LogP contribution in [0.25, 0.3) is 0 Å². The zero-order chi connectivity index (χ0) is 21.8. The third-order valence-electron chi connectivity index (χ3n) is 3.77. The number of halogens is 4. The van der Waals surface area contributed by atoms with Gasteiger partial charge in [0.15, 0.2) is 0 Å². The maximum absolute atomic E-state index is 12.7. The fourth-order valence-electron chi connectivity index (χ4n) is 2.02. The van der Waals surface area contributed by atoms with Gasteiger partial charge >= 0.3 is 6.18 Å². The van der Waals surface area contributed by atoms with Gasteiger partial charge in [0, 0.05) is 28.2 Å². The fourth-order valence-corrected chi connectivity index (χ4v) is 2.69. The number of amides is 2. The molecule has 0 heterocycles. The smallest absolute Gasteiger partial charge is 0.373 e. The lowest BCUT2D eigenvalue weighted by atomic mass is 10.1. The van der Waals surface area contributed by atoms with Gasteiger partial charge in [0.05, 0.1) is 17.8 Å². The number of hydrogen-bond acceptors (Lipinski definition) is 5. The summed E-state index contributed by atoms with van der Waals surface area (Å²) in [6.45, 7) is 0.328. The second kappa shape index (κ2) is 9.04. The number of rotatable bonds is 6. The molecule has 0 saturated carbocycles. The Morgan fingerprint density at radius 1 is 1.10 bits per heavy atom. The molecule has 0 radical (unpaired) electrons. The minimum atomic E-state index is -5.17. The highest BCUT2D eigenvalue weighted by molar-refractivity contribution is 7.94. The van der Waals surface area contributed by atoms with Gasteiger partial charge in [-0.15, -0.1) is 0 Å². The molecule has 29 heavy (non-hydrogen) atoms. The summed E-state index contributed by atoms with van der Waals surface area (Å²) in [6, 6.07) is 10.4. The molecule has 1 atom stereocenters. The lowest BCUT2D eigenvalue weighted by Gasteiger charge is -2.25. The summed E-state index contributed by atoms with van der Waals surface area (Å²) in [4.78, 5) is 24.9. The van der Waals surface area contributed by atoms with Crippen LogP contribution in [-0.4, -0.2) is 35.8 Å². The Morgan fingerprint density at radius 2 is 1.72 bits per heavy atom. The van der Waals surface area contributed by atoms with Gasteiger partial charge in [-0.1, -0.05) is 11.6 Å². The summed E-state index contributed by atoms with van der Waals surface area (Å²) >= 11 is 7.12. The maximum Gasteiger partial charge on any atom is 0.426 e. The predicted molar refractivity (Wildman–Crippen MR) is 104 cm³/mol. The number of benzene rings is 2. The van der Waals surface area contributed by atoms with Crippen molar-refractivity contribution in [3.8, 4) is 0 Å². The molecule has 0 aliphatic heterocycles. The van der Waals surface area contributed by atoms with Gasteiger partial charge < -0.3 is 19.9 Å². The first-order valence-corrected chi connectivity index (χ1v) is 9.10. The molecule has 0 bridgehead atoms. The molecule has 0 aliphatic rings. The van der Waals surface area contributed by atoms with Crippen LogP contribution in [0.3, 0.4) is 0 Å². The summed E-state index contributed by atoms with van der Waals surface area (Å²) in [5.74, 6) is -2.21. The van der Waals surface area contributed by atoms with Gasteiger partial charge in [-0.05, 0) is 49.4 Å². The second-order valence-corrected chi connectivity index (χ2v) is 7.33. The molecule has 11 heteroatoms. The summed E-state index contributed by atoms with van der Waals surface area (Å²) in [5, 5.41) is 13.7. The van der Waals surface area contributed by atoms with E-state index in [1.54, 1.807) is 24.3 Å². The third-order valence-corrected chi connectivity index (χ3v) is 4.71. The second-order valence-electron chi connectivity index (χ2n) is 5.95. The molecule has 0 aromatic heterocycles. The number of nitrogens with one attached hydrogen (secondary N) is 2. The van der Waals surface area contributed by atoms with E-state index in [1.807, 2.05) is 5.32 Å². The monoisotopic (exact) mass is 448 g/mol. The highest BCUT2D eigenvalue weighted by atomic mass is 35.5. The Kier molecular flexibility index (Phi) is 7.17. The molecule has 2 aromatic rings. The van der Waals surface area contributed by atoms with Crippen molar-refractivity contribution in [1.82, 2.24) is 0 Å². The van der Waals surface area contributed by atoms with Crippen LogP contribution in [0.15, 0.2) is 47.4 Å². The van der Waals surface area contributed by atoms with Crippen LogP contribution < -0.4 is 10.6 Å². The van der Waals surface area contributed by atoms with Crippen molar-refractivity contribution in [3.05, 3.63) is 53.1 Å². The average Bonchev–Trinajstić information content (AvgIpc) is 2.64. The van der Waals surface area contributed by atoms with Crippen molar-refractivity contribution < 1.29 is 32.0 Å². The largest absolute Gasteiger partial charge is 0.426 e. The number of alkyl halides is 3. The molecule has 0 aliphatic carbocycles. The summed E-state index contributed by atoms with van der Waals surface area (Å²) in [5.41, 5.74) is -3.16. The van der Waals surface area contributed by atoms with Crippen LogP contribution in [0, 0.1) is 0 Å². The summed E-state index contributed by atoms with van der Waals surface area (Å²) in [6.07, 6.45) is -5.17. The molecular weight excluding hydrogens is 433 g/mol. The van der Waals surface area contributed by atoms with E-state index in [0.717, 1.165) is 16.9 Å². The lowest BCUT2D eigenvalue weighted by molar-refractivity contribution is -0.242. The molecule has 1 unspecified atom stereocenters. The molecule has 0 saturated heterocycles. The van der Waals surface area contributed by atoms with Crippen LogP contribution in [0.1, 0.15) is 17.3 Å². The van der Waals surface area contributed by atoms with E-state index in [-0.39, 0.29) is 16.3 Å². The lowest BCUT2D eigenvalue weighted by Crippen LogP contribution is -2.52. The van der Waals surface area contributed by atoms with Crippen LogP contribution in [0.4, 0.5) is 24.5 Å². The molecule has 3 N–H and O–H groups in total. The van der Waals surface area contributed by atoms with Crippen molar-refractivity contribution >= 4 is 46.8 Å². The first-order valence-electron chi connectivity index (χ1n) is 7.98. The number of hydrogen-bond donors (Lipinski definition) is 3. The molecule has 0 fully saturated rings. The average molecular weight is 449 g/mol. The van der Waals surface area contributed by atoms with E-state index in [9.17, 15) is 27.9 Å². The van der Waals surface area contributed by atoms with Crippen molar-refractivity contribution in [2.75, 3.05) is 17.7 Å². The summed E-state index contributed by atoms with van der Waals surface area (Å²) in [7, 11) is 1.53. The van der Waals surface area contributed by atoms with E-state index < -0.39 is 23.6 Å². The minimum Gasteiger partial charge on any atom is -0.373 e. The number of carbonyl (C=O) groups excluding carboxylic acids is 2. The van der Waals surface area contributed by atoms with Crippen molar-refractivity contribution in [2.45, 2.75) is 23.6 Å². The molecule has 156 valence electrons. The van der Waals surface area contributed by atoms with Crippen LogP contribution in [0.2, 0.25) is 5.02 Å². The number of anilines is 2. The van der Waals surface area contributed by atoms with Crippen molar-refractivity contribution in [3.63, 3.8) is 0 Å². The fraction of sp³-hybridized carbons (Fsp3) is 0.222. The standard InChI is InChI=1S/C18H16ClF3N2O4S/c1-17(27,18(20,21)22)16(26)24-14-8-3-10(9-13(14)19)15(25)23-11-4-6-12(7-5-11)29-28-2/h3-9,27H,1-2H3,(H,23,25)(H,24,26). The van der Waals surface area contributed by atoms with E-state index in [4.69, 9.17) is 15.8 Å². The Labute approximate surface area is 173 Å². The quantitative estimate of drug-likeness (QED) is 0.566. The van der Waals surface area contributed by atoms with Gasteiger partial charge in [0.25, 0.3) is 11.8 Å². The molecule has 2 rings (SSSR count). The van der Waals surface area contributed by atoms with Crippen molar-refractivity contribution in [1.29, 1.82) is 0 Å². The molecular formula is C18H16ClF3N2O4S. The Morgan fingerprint density at radius 3 is 2.24 bits per heavy atom. The van der Waals surface area contributed by atoms with E-state index in [2.05, 4.69) is 5.32 Å².